The summed E-state index contributed by atoms with van der Waals surface area (Å²) in [4.78, 5) is 11.6. The van der Waals surface area contributed by atoms with E-state index >= 15 is 0 Å². The van der Waals surface area contributed by atoms with E-state index in [-0.39, 0.29) is 6.09 Å². The van der Waals surface area contributed by atoms with Gasteiger partial charge in [-0.3, -0.25) is 0 Å². The number of rotatable bonds is 3. The minimum atomic E-state index is -0.397. The van der Waals surface area contributed by atoms with Crippen molar-refractivity contribution in [1.82, 2.24) is 5.32 Å². The van der Waals surface area contributed by atoms with Crippen molar-refractivity contribution in [3.63, 3.8) is 0 Å². The van der Waals surface area contributed by atoms with Gasteiger partial charge in [0.25, 0.3) is 0 Å². The van der Waals surface area contributed by atoms with Crippen LogP contribution in [0.5, 0.6) is 0 Å². The predicted octanol–water partition coefficient (Wildman–Crippen LogP) is 4.11. The summed E-state index contributed by atoms with van der Waals surface area (Å²) in [6.07, 6.45) is 9.35. The summed E-state index contributed by atoms with van der Waals surface area (Å²) in [5.74, 6) is 1.85. The van der Waals surface area contributed by atoms with Gasteiger partial charge in [-0.2, -0.15) is 0 Å². The van der Waals surface area contributed by atoms with Gasteiger partial charge in [0.1, 0.15) is 12.3 Å². The zero-order chi connectivity index (χ0) is 13.9. The second kappa shape index (κ2) is 6.19. The quantitative estimate of drug-likeness (QED) is 0.780. The first-order chi connectivity index (χ1) is 8.96. The van der Waals surface area contributed by atoms with Crippen LogP contribution in [0, 0.1) is 0 Å². The van der Waals surface area contributed by atoms with Crippen LogP contribution in [0.4, 0.5) is 4.79 Å². The molecule has 3 nitrogen and oxygen atoms in total. The highest BCUT2D eigenvalue weighted by Crippen LogP contribution is 2.47. The van der Waals surface area contributed by atoms with Crippen molar-refractivity contribution in [1.29, 1.82) is 0 Å². The van der Waals surface area contributed by atoms with Gasteiger partial charge in [0.2, 0.25) is 0 Å². The number of amides is 1. The van der Waals surface area contributed by atoms with Crippen LogP contribution < -0.4 is 5.32 Å². The fourth-order valence-electron chi connectivity index (χ4n) is 3.94. The lowest BCUT2D eigenvalue weighted by atomic mass is 9.26. The molecule has 0 aromatic carbocycles. The van der Waals surface area contributed by atoms with Gasteiger partial charge in [-0.15, -0.1) is 0 Å². The molecule has 2 saturated heterocycles. The number of nitrogens with one attached hydrogen (secondary N) is 1. The van der Waals surface area contributed by atoms with Crippen LogP contribution in [-0.4, -0.2) is 25.0 Å². The van der Waals surface area contributed by atoms with Crippen molar-refractivity contribution < 1.29 is 9.53 Å². The fraction of sp³-hybridized carbons (Fsp3) is 0.933. The third-order valence-electron chi connectivity index (χ3n) is 4.66. The molecule has 1 N–H and O–H groups in total. The molecule has 2 bridgehead atoms. The van der Waals surface area contributed by atoms with Crippen molar-refractivity contribution in [2.45, 2.75) is 82.9 Å². The van der Waals surface area contributed by atoms with E-state index in [4.69, 9.17) is 4.74 Å². The van der Waals surface area contributed by atoms with E-state index in [1.54, 1.807) is 0 Å². The summed E-state index contributed by atoms with van der Waals surface area (Å²) in [5.41, 5.74) is -0.397. The summed E-state index contributed by atoms with van der Waals surface area (Å²) in [5, 5.41) is 2.91. The topological polar surface area (TPSA) is 38.3 Å². The standard InChI is InChI=1S/C15H28BNO2/c1-15(2,3)19-14(18)17-11-10-16-12-6-4-7-13(16)9-5-8-12/h12-13H,4-11H2,1-3H3,(H,17,18). The zero-order valence-corrected chi connectivity index (χ0v) is 12.7. The van der Waals surface area contributed by atoms with Gasteiger partial charge < -0.3 is 10.1 Å². The SMILES string of the molecule is CC(C)(C)OC(=O)NCCB1C2CCCC1CCC2. The Labute approximate surface area is 117 Å². The molecule has 2 fully saturated rings. The molecule has 108 valence electrons. The van der Waals surface area contributed by atoms with Gasteiger partial charge in [-0.05, 0) is 20.8 Å². The van der Waals surface area contributed by atoms with Crippen molar-refractivity contribution in [3.8, 4) is 0 Å². The van der Waals surface area contributed by atoms with Crippen LogP contribution in [0.25, 0.3) is 0 Å². The maximum atomic E-state index is 11.6. The maximum absolute atomic E-state index is 11.6. The molecule has 2 aliphatic rings. The lowest BCUT2D eigenvalue weighted by molar-refractivity contribution is 0.0530. The van der Waals surface area contributed by atoms with Crippen molar-refractivity contribution in [2.24, 2.45) is 0 Å². The second-order valence-corrected chi connectivity index (χ2v) is 7.26. The first kappa shape index (κ1) is 14.7. The van der Waals surface area contributed by atoms with Crippen molar-refractivity contribution in [3.05, 3.63) is 0 Å². The summed E-state index contributed by atoms with van der Waals surface area (Å²) in [7, 11) is 0. The third kappa shape index (κ3) is 4.43. The van der Waals surface area contributed by atoms with Crippen LogP contribution in [0.1, 0.15) is 59.3 Å². The van der Waals surface area contributed by atoms with E-state index in [1.165, 1.54) is 38.5 Å². The maximum Gasteiger partial charge on any atom is 0.407 e. The second-order valence-electron chi connectivity index (χ2n) is 7.26. The molecule has 2 heterocycles. The van der Waals surface area contributed by atoms with Crippen LogP contribution in [0.15, 0.2) is 0 Å². The smallest absolute Gasteiger partial charge is 0.407 e. The van der Waals surface area contributed by atoms with Crippen molar-refractivity contribution >= 4 is 12.8 Å². The number of hydrogen-bond acceptors (Lipinski definition) is 2. The van der Waals surface area contributed by atoms with E-state index in [2.05, 4.69) is 5.32 Å². The molecule has 0 atom stereocenters. The minimum absolute atomic E-state index is 0.270. The van der Waals surface area contributed by atoms with Gasteiger partial charge in [0.05, 0.1) is 0 Å². The van der Waals surface area contributed by atoms with E-state index < -0.39 is 5.60 Å². The van der Waals surface area contributed by atoms with Crippen LogP contribution in [0.2, 0.25) is 18.0 Å². The average molecular weight is 265 g/mol. The molecular formula is C15H28BNO2. The molecule has 4 heteroatoms. The normalized spacial score (nSPS) is 27.0. The minimum Gasteiger partial charge on any atom is -0.444 e. The molecular weight excluding hydrogens is 237 g/mol. The van der Waals surface area contributed by atoms with Crippen LogP contribution in [0.3, 0.4) is 0 Å². The van der Waals surface area contributed by atoms with Crippen LogP contribution in [-0.2, 0) is 4.74 Å². The number of fused-ring (bicyclic) bond motifs is 2. The highest BCUT2D eigenvalue weighted by molar-refractivity contribution is 6.62. The number of carbonyl (C=O) groups excluding carboxylic acids is 1. The highest BCUT2D eigenvalue weighted by Gasteiger charge is 2.38. The fourth-order valence-corrected chi connectivity index (χ4v) is 3.94. The third-order valence-corrected chi connectivity index (χ3v) is 4.66. The van der Waals surface area contributed by atoms with Crippen molar-refractivity contribution in [2.75, 3.05) is 6.54 Å². The lowest BCUT2D eigenvalue weighted by Gasteiger charge is -2.40. The number of carbonyl (C=O) groups is 1. The summed E-state index contributed by atoms with van der Waals surface area (Å²) < 4.78 is 5.27. The summed E-state index contributed by atoms with van der Waals surface area (Å²) in [6, 6.07) is 0. The van der Waals surface area contributed by atoms with Gasteiger partial charge in [-0.25, -0.2) is 4.79 Å². The van der Waals surface area contributed by atoms with Crippen LogP contribution >= 0.6 is 0 Å². The molecule has 0 aromatic heterocycles. The Hall–Kier alpha value is -0.665. The largest absolute Gasteiger partial charge is 0.444 e. The van der Waals surface area contributed by atoms with E-state index in [9.17, 15) is 4.79 Å². The summed E-state index contributed by atoms with van der Waals surface area (Å²) >= 11 is 0. The molecule has 2 rings (SSSR count). The molecule has 0 unspecified atom stereocenters. The van der Waals surface area contributed by atoms with E-state index in [1.807, 2.05) is 20.8 Å². The Morgan fingerprint density at radius 2 is 1.68 bits per heavy atom. The molecule has 0 aliphatic carbocycles. The van der Waals surface area contributed by atoms with E-state index in [0.29, 0.717) is 0 Å². The molecule has 1 amide bonds. The Kier molecular flexibility index (Phi) is 4.80. The Morgan fingerprint density at radius 1 is 1.16 bits per heavy atom. The van der Waals surface area contributed by atoms with Gasteiger partial charge in [0, 0.05) is 6.54 Å². The first-order valence-electron chi connectivity index (χ1n) is 7.92. The van der Waals surface area contributed by atoms with Gasteiger partial charge >= 0.3 is 6.09 Å². The van der Waals surface area contributed by atoms with E-state index in [0.717, 1.165) is 31.2 Å². The summed E-state index contributed by atoms with van der Waals surface area (Å²) in [6.45, 7) is 7.32. The molecule has 0 aromatic rings. The molecule has 19 heavy (non-hydrogen) atoms. The lowest BCUT2D eigenvalue weighted by Crippen LogP contribution is -2.39. The number of alkyl carbamates (subject to hydrolysis) is 1. The Morgan fingerprint density at radius 3 is 2.16 bits per heavy atom. The number of ether oxygens (including phenoxy) is 1. The molecule has 0 spiro atoms. The predicted molar refractivity (Wildman–Crippen MR) is 80.0 cm³/mol. The Balaban J connectivity index is 1.72. The van der Waals surface area contributed by atoms with Gasteiger partial charge in [0.15, 0.2) is 0 Å². The Bertz CT molecular complexity index is 292. The zero-order valence-electron chi connectivity index (χ0n) is 12.7. The number of hydrogen-bond donors (Lipinski definition) is 1. The molecule has 0 radical (unpaired) electrons. The first-order valence-corrected chi connectivity index (χ1v) is 7.92. The monoisotopic (exact) mass is 265 g/mol. The molecule has 0 saturated carbocycles. The average Bonchev–Trinajstić information content (AvgIpc) is 2.25. The van der Waals surface area contributed by atoms with Gasteiger partial charge in [-0.1, -0.05) is 56.5 Å². The highest BCUT2D eigenvalue weighted by atomic mass is 16.6. The molecule has 2 aliphatic heterocycles.